The topological polar surface area (TPSA) is 47.3 Å². The number of nitrogens with two attached hydrogens (primary N) is 1. The summed E-state index contributed by atoms with van der Waals surface area (Å²) in [6.45, 7) is 0. The van der Waals surface area contributed by atoms with Gasteiger partial charge >= 0.3 is 0 Å². The fraction of sp³-hybridized carbons (Fsp3) is 0.231. The number of allylic oxidation sites excluding steroid dienone is 1. The van der Waals surface area contributed by atoms with Crippen LogP contribution >= 0.6 is 12.4 Å². The van der Waals surface area contributed by atoms with Gasteiger partial charge in [-0.2, -0.15) is 0 Å². The van der Waals surface area contributed by atoms with Crippen LogP contribution in [0.1, 0.15) is 6.42 Å². The normalized spacial score (nSPS) is 22.6. The van der Waals surface area contributed by atoms with Crippen LogP contribution in [-0.2, 0) is 4.74 Å². The van der Waals surface area contributed by atoms with E-state index in [0.717, 1.165) is 11.4 Å². The summed E-state index contributed by atoms with van der Waals surface area (Å²) in [5.74, 6) is 0. The van der Waals surface area contributed by atoms with Gasteiger partial charge in [-0.25, -0.2) is 0 Å². The summed E-state index contributed by atoms with van der Waals surface area (Å²) in [6, 6.07) is 10.0. The molecule has 0 saturated carbocycles. The summed E-state index contributed by atoms with van der Waals surface area (Å²) in [5, 5.41) is 3.31. The lowest BCUT2D eigenvalue weighted by Crippen LogP contribution is -2.40. The summed E-state index contributed by atoms with van der Waals surface area (Å²) in [6.07, 6.45) is 6.53. The first-order valence-corrected chi connectivity index (χ1v) is 5.27. The summed E-state index contributed by atoms with van der Waals surface area (Å²) < 4.78 is 5.20. The number of para-hydroxylation sites is 1. The van der Waals surface area contributed by atoms with Gasteiger partial charge in [0.2, 0.25) is 0 Å². The molecule has 4 heteroatoms. The van der Waals surface area contributed by atoms with Gasteiger partial charge in [0.25, 0.3) is 0 Å². The van der Waals surface area contributed by atoms with Crippen molar-refractivity contribution >= 4 is 18.1 Å². The van der Waals surface area contributed by atoms with Gasteiger partial charge in [-0.3, -0.25) is 5.73 Å². The molecule has 3 N–H and O–H groups in total. The molecule has 0 saturated heterocycles. The average Bonchev–Trinajstić information content (AvgIpc) is 2.34. The first-order chi connectivity index (χ1) is 7.72. The van der Waals surface area contributed by atoms with Crippen molar-refractivity contribution in [3.05, 3.63) is 54.3 Å². The number of ether oxygens (including phenoxy) is 1. The van der Waals surface area contributed by atoms with E-state index >= 15 is 0 Å². The van der Waals surface area contributed by atoms with Crippen molar-refractivity contribution < 1.29 is 4.74 Å². The zero-order chi connectivity index (χ0) is 11.4. The Morgan fingerprint density at radius 3 is 2.53 bits per heavy atom. The van der Waals surface area contributed by atoms with Crippen molar-refractivity contribution in [2.24, 2.45) is 5.73 Å². The van der Waals surface area contributed by atoms with E-state index in [1.807, 2.05) is 48.6 Å². The summed E-state index contributed by atoms with van der Waals surface area (Å²) in [5.41, 5.74) is 7.40. The molecule has 0 heterocycles. The van der Waals surface area contributed by atoms with Crippen molar-refractivity contribution in [2.75, 3.05) is 12.4 Å². The number of anilines is 1. The molecule has 0 spiro atoms. The molecule has 1 unspecified atom stereocenters. The Bertz CT molecular complexity index is 417. The molecule has 0 amide bonds. The van der Waals surface area contributed by atoms with Crippen molar-refractivity contribution in [2.45, 2.75) is 12.1 Å². The number of hydrogen-bond acceptors (Lipinski definition) is 3. The van der Waals surface area contributed by atoms with Crippen molar-refractivity contribution in [3.63, 3.8) is 0 Å². The lowest BCUT2D eigenvalue weighted by molar-refractivity contribution is 0.0394. The highest BCUT2D eigenvalue weighted by Crippen LogP contribution is 2.20. The molecular formula is C13H17ClN2O. The lowest BCUT2D eigenvalue weighted by atomic mass is 10.0. The van der Waals surface area contributed by atoms with Gasteiger partial charge < -0.3 is 10.1 Å². The minimum absolute atomic E-state index is 0. The molecule has 1 aliphatic rings. The SMILES string of the molecule is COC1(N)C=CC(Nc2ccccc2)=CC1.Cl. The molecule has 0 radical (unpaired) electrons. The third-order valence-corrected chi connectivity index (χ3v) is 2.63. The number of halogens is 1. The van der Waals surface area contributed by atoms with E-state index in [4.69, 9.17) is 10.5 Å². The smallest absolute Gasteiger partial charge is 0.139 e. The molecule has 1 aromatic rings. The van der Waals surface area contributed by atoms with Crippen LogP contribution in [0.2, 0.25) is 0 Å². The molecule has 1 aromatic carbocycles. The van der Waals surface area contributed by atoms with Gasteiger partial charge in [0.1, 0.15) is 5.72 Å². The summed E-state index contributed by atoms with van der Waals surface area (Å²) in [7, 11) is 1.62. The minimum atomic E-state index is -0.651. The second-order valence-corrected chi connectivity index (χ2v) is 3.85. The third kappa shape index (κ3) is 3.60. The van der Waals surface area contributed by atoms with Crippen LogP contribution in [0.5, 0.6) is 0 Å². The quantitative estimate of drug-likeness (QED) is 0.813. The van der Waals surface area contributed by atoms with Crippen LogP contribution in [0.4, 0.5) is 5.69 Å². The predicted octanol–water partition coefficient (Wildman–Crippen LogP) is 2.67. The number of nitrogens with one attached hydrogen (secondary N) is 1. The Labute approximate surface area is 108 Å². The van der Waals surface area contributed by atoms with Gasteiger partial charge in [0.15, 0.2) is 0 Å². The van der Waals surface area contributed by atoms with Crippen LogP contribution < -0.4 is 11.1 Å². The monoisotopic (exact) mass is 252 g/mol. The van der Waals surface area contributed by atoms with E-state index in [-0.39, 0.29) is 12.4 Å². The van der Waals surface area contributed by atoms with Gasteiger partial charge in [-0.15, -0.1) is 12.4 Å². The highest BCUT2D eigenvalue weighted by molar-refractivity contribution is 5.85. The molecule has 2 rings (SSSR count). The lowest BCUT2D eigenvalue weighted by Gasteiger charge is -2.26. The Kier molecular flexibility index (Phi) is 4.75. The number of rotatable bonds is 3. The fourth-order valence-corrected chi connectivity index (χ4v) is 1.57. The van der Waals surface area contributed by atoms with Gasteiger partial charge in [0, 0.05) is 24.9 Å². The van der Waals surface area contributed by atoms with Gasteiger partial charge in [-0.05, 0) is 24.3 Å². The Hall–Kier alpha value is -1.29. The molecule has 92 valence electrons. The van der Waals surface area contributed by atoms with Gasteiger partial charge in [0.05, 0.1) is 0 Å². The Morgan fingerprint density at radius 2 is 2.00 bits per heavy atom. The molecule has 0 fully saturated rings. The second-order valence-electron chi connectivity index (χ2n) is 3.85. The van der Waals surface area contributed by atoms with E-state index < -0.39 is 5.72 Å². The van der Waals surface area contributed by atoms with Crippen LogP contribution in [0.25, 0.3) is 0 Å². The van der Waals surface area contributed by atoms with Crippen molar-refractivity contribution in [1.82, 2.24) is 0 Å². The third-order valence-electron chi connectivity index (χ3n) is 2.63. The predicted molar refractivity (Wildman–Crippen MR) is 73.1 cm³/mol. The number of hydrogen-bond donors (Lipinski definition) is 2. The van der Waals surface area contributed by atoms with E-state index in [1.54, 1.807) is 7.11 Å². The molecule has 1 aliphatic carbocycles. The molecule has 17 heavy (non-hydrogen) atoms. The zero-order valence-electron chi connectivity index (χ0n) is 9.72. The van der Waals surface area contributed by atoms with Crippen molar-refractivity contribution in [1.29, 1.82) is 0 Å². The van der Waals surface area contributed by atoms with E-state index in [9.17, 15) is 0 Å². The molecule has 0 aliphatic heterocycles. The highest BCUT2D eigenvalue weighted by Gasteiger charge is 2.21. The standard InChI is InChI=1S/C13H16N2O.ClH/c1-16-13(14)9-7-12(8-10-13)15-11-5-3-2-4-6-11;/h2-9,15H,10,14H2,1H3;1H. The Morgan fingerprint density at radius 1 is 1.29 bits per heavy atom. The fourth-order valence-electron chi connectivity index (χ4n) is 1.57. The van der Waals surface area contributed by atoms with Crippen LogP contribution in [0.15, 0.2) is 54.3 Å². The number of methoxy groups -OCH3 is 1. The molecule has 1 atom stereocenters. The summed E-state index contributed by atoms with van der Waals surface area (Å²) >= 11 is 0. The minimum Gasteiger partial charge on any atom is -0.360 e. The van der Waals surface area contributed by atoms with Crippen LogP contribution in [0, 0.1) is 0 Å². The maximum atomic E-state index is 5.93. The largest absolute Gasteiger partial charge is 0.360 e. The van der Waals surface area contributed by atoms with E-state index in [0.29, 0.717) is 6.42 Å². The zero-order valence-corrected chi connectivity index (χ0v) is 10.5. The Balaban J connectivity index is 0.00000144. The maximum Gasteiger partial charge on any atom is 0.139 e. The average molecular weight is 253 g/mol. The molecular weight excluding hydrogens is 236 g/mol. The molecule has 0 aromatic heterocycles. The number of benzene rings is 1. The first-order valence-electron chi connectivity index (χ1n) is 5.27. The first kappa shape index (κ1) is 13.8. The second kappa shape index (κ2) is 5.87. The maximum absolute atomic E-state index is 5.93. The van der Waals surface area contributed by atoms with Gasteiger partial charge in [-0.1, -0.05) is 24.3 Å². The van der Waals surface area contributed by atoms with Crippen molar-refractivity contribution in [3.8, 4) is 0 Å². The van der Waals surface area contributed by atoms with Crippen LogP contribution in [0.3, 0.4) is 0 Å². The highest BCUT2D eigenvalue weighted by atomic mass is 35.5. The van der Waals surface area contributed by atoms with E-state index in [2.05, 4.69) is 5.32 Å². The van der Waals surface area contributed by atoms with Crippen LogP contribution in [-0.4, -0.2) is 12.8 Å². The molecule has 3 nitrogen and oxygen atoms in total. The van der Waals surface area contributed by atoms with E-state index in [1.165, 1.54) is 0 Å². The molecule has 0 bridgehead atoms. The summed E-state index contributed by atoms with van der Waals surface area (Å²) in [4.78, 5) is 0.